The molecule has 17 heavy (non-hydrogen) atoms. The molecule has 2 nitrogen and oxygen atoms in total. The molecule has 0 heterocycles. The lowest BCUT2D eigenvalue weighted by atomic mass is 9.95. The first-order valence-corrected chi connectivity index (χ1v) is 6.29. The van der Waals surface area contributed by atoms with Crippen molar-refractivity contribution < 1.29 is 9.90 Å². The van der Waals surface area contributed by atoms with E-state index in [9.17, 15) is 4.79 Å². The fourth-order valence-corrected chi connectivity index (χ4v) is 3.62. The Labute approximate surface area is 118 Å². The van der Waals surface area contributed by atoms with Crippen LogP contribution in [0, 0.1) is 5.92 Å². The van der Waals surface area contributed by atoms with Crippen molar-refractivity contribution in [1.82, 2.24) is 0 Å². The Hall–Kier alpha value is -0.150. The molecule has 2 rings (SSSR count). The van der Waals surface area contributed by atoms with E-state index in [1.54, 1.807) is 25.1 Å². The van der Waals surface area contributed by atoms with Gasteiger partial charge in [-0.05, 0) is 23.8 Å². The minimum atomic E-state index is -1.34. The lowest BCUT2D eigenvalue weighted by Gasteiger charge is -2.13. The molecule has 0 radical (unpaired) electrons. The summed E-state index contributed by atoms with van der Waals surface area (Å²) in [6.45, 7) is 1.69. The monoisotopic (exact) mass is 312 g/mol. The molecule has 0 aliphatic heterocycles. The van der Waals surface area contributed by atoms with Crippen LogP contribution in [0.4, 0.5) is 0 Å². The highest BCUT2D eigenvalue weighted by Crippen LogP contribution is 2.69. The summed E-state index contributed by atoms with van der Waals surface area (Å²) in [7, 11) is 0. The van der Waals surface area contributed by atoms with Gasteiger partial charge in [0.15, 0.2) is 0 Å². The van der Waals surface area contributed by atoms with Gasteiger partial charge < -0.3 is 5.11 Å². The Balaban J connectivity index is 2.51. The summed E-state index contributed by atoms with van der Waals surface area (Å²) < 4.78 is -1.34. The van der Waals surface area contributed by atoms with Crippen molar-refractivity contribution in [2.75, 3.05) is 0 Å². The molecule has 1 N–H and O–H groups in total. The number of aliphatic carboxylic acids is 1. The van der Waals surface area contributed by atoms with Gasteiger partial charge in [-0.15, -0.1) is 0 Å². The quantitative estimate of drug-likeness (QED) is 0.833. The predicted molar refractivity (Wildman–Crippen MR) is 69.4 cm³/mol. The van der Waals surface area contributed by atoms with Crippen LogP contribution in [0.1, 0.15) is 12.5 Å². The largest absolute Gasteiger partial charge is 0.481 e. The molecule has 6 heteroatoms. The molecule has 2 atom stereocenters. The van der Waals surface area contributed by atoms with E-state index in [4.69, 9.17) is 51.5 Å². The number of alkyl halides is 2. The van der Waals surface area contributed by atoms with Gasteiger partial charge in [0.05, 0.1) is 0 Å². The Kier molecular flexibility index (Phi) is 3.07. The number of carboxylic acids is 1. The van der Waals surface area contributed by atoms with Crippen molar-refractivity contribution in [3.63, 3.8) is 0 Å². The summed E-state index contributed by atoms with van der Waals surface area (Å²) >= 11 is 23.9. The summed E-state index contributed by atoms with van der Waals surface area (Å²) in [4.78, 5) is 11.1. The highest BCUT2D eigenvalue weighted by Gasteiger charge is 2.77. The van der Waals surface area contributed by atoms with Crippen LogP contribution in [0.25, 0.3) is 0 Å². The zero-order valence-corrected chi connectivity index (χ0v) is 11.7. The maximum atomic E-state index is 11.1. The Morgan fingerprint density at radius 1 is 1.24 bits per heavy atom. The second-order valence-electron chi connectivity index (χ2n) is 4.25. The normalized spacial score (nSPS) is 30.1. The fraction of sp³-hybridized carbons (Fsp3) is 0.364. The van der Waals surface area contributed by atoms with Gasteiger partial charge >= 0.3 is 5.97 Å². The van der Waals surface area contributed by atoms with E-state index in [1.807, 2.05) is 0 Å². The van der Waals surface area contributed by atoms with Gasteiger partial charge in [-0.25, -0.2) is 0 Å². The van der Waals surface area contributed by atoms with Gasteiger partial charge in [0.2, 0.25) is 0 Å². The van der Waals surface area contributed by atoms with Crippen LogP contribution in [0.15, 0.2) is 18.2 Å². The maximum Gasteiger partial charge on any atom is 0.310 e. The van der Waals surface area contributed by atoms with Gasteiger partial charge in [-0.3, -0.25) is 4.79 Å². The average molecular weight is 314 g/mol. The van der Waals surface area contributed by atoms with Gasteiger partial charge in [0.1, 0.15) is 10.3 Å². The molecule has 1 aromatic carbocycles. The molecule has 92 valence electrons. The van der Waals surface area contributed by atoms with Gasteiger partial charge in [-0.1, -0.05) is 53.3 Å². The van der Waals surface area contributed by atoms with E-state index in [-0.39, 0.29) is 0 Å². The molecule has 1 fully saturated rings. The van der Waals surface area contributed by atoms with Crippen LogP contribution in [-0.4, -0.2) is 15.4 Å². The molecule has 1 saturated carbocycles. The first-order chi connectivity index (χ1) is 7.71. The number of halogens is 4. The van der Waals surface area contributed by atoms with E-state index in [1.165, 1.54) is 0 Å². The van der Waals surface area contributed by atoms with Crippen LogP contribution in [-0.2, 0) is 10.2 Å². The SMILES string of the molecule is C[C@]1(c2cc(Cl)cc(Cl)c2)[C@@H](C(=O)O)C1(Cl)Cl. The Morgan fingerprint density at radius 2 is 1.71 bits per heavy atom. The number of hydrogen-bond acceptors (Lipinski definition) is 1. The van der Waals surface area contributed by atoms with Gasteiger partial charge in [0.25, 0.3) is 0 Å². The van der Waals surface area contributed by atoms with E-state index in [0.717, 1.165) is 0 Å². The number of carbonyl (C=O) groups is 1. The molecule has 0 aromatic heterocycles. The molecular formula is C11H8Cl4O2. The Bertz CT molecular complexity index is 480. The molecule has 0 unspecified atom stereocenters. The maximum absolute atomic E-state index is 11.1. The second kappa shape index (κ2) is 3.92. The zero-order chi connectivity index (χ0) is 13.0. The van der Waals surface area contributed by atoms with Crippen molar-refractivity contribution in [3.8, 4) is 0 Å². The average Bonchev–Trinajstić information content (AvgIpc) is 2.60. The highest BCUT2D eigenvalue weighted by atomic mass is 35.5. The fourth-order valence-electron chi connectivity index (χ4n) is 2.15. The molecule has 1 aliphatic carbocycles. The highest BCUT2D eigenvalue weighted by molar-refractivity contribution is 6.54. The summed E-state index contributed by atoms with van der Waals surface area (Å²) in [6, 6.07) is 4.84. The number of hydrogen-bond donors (Lipinski definition) is 1. The lowest BCUT2D eigenvalue weighted by Crippen LogP contribution is -2.12. The molecular weight excluding hydrogens is 306 g/mol. The molecule has 0 spiro atoms. The standard InChI is InChI=1S/C11H8Cl4O2/c1-10(8(9(16)17)11(10,14)15)5-2-6(12)4-7(13)3-5/h2-4,8H,1H3,(H,16,17)/t8-,10+/m1/s1. The van der Waals surface area contributed by atoms with Crippen LogP contribution in [0.3, 0.4) is 0 Å². The van der Waals surface area contributed by atoms with Gasteiger partial charge in [0, 0.05) is 15.5 Å². The number of carboxylic acid groups (broad SMARTS) is 1. The van der Waals surface area contributed by atoms with Crippen molar-refractivity contribution in [2.45, 2.75) is 16.7 Å². The molecule has 1 aliphatic rings. The number of benzene rings is 1. The second-order valence-corrected chi connectivity index (χ2v) is 6.51. The first kappa shape index (κ1) is 13.3. The summed E-state index contributed by atoms with van der Waals surface area (Å²) in [5.74, 6) is -1.90. The first-order valence-electron chi connectivity index (χ1n) is 4.78. The summed E-state index contributed by atoms with van der Waals surface area (Å²) in [5, 5.41) is 9.94. The smallest absolute Gasteiger partial charge is 0.310 e. The van der Waals surface area contributed by atoms with Crippen LogP contribution < -0.4 is 0 Å². The van der Waals surface area contributed by atoms with E-state index < -0.39 is 21.6 Å². The predicted octanol–water partition coefficient (Wildman–Crippen LogP) is 4.14. The van der Waals surface area contributed by atoms with E-state index in [0.29, 0.717) is 15.6 Å². The zero-order valence-electron chi connectivity index (χ0n) is 8.68. The van der Waals surface area contributed by atoms with Crippen molar-refractivity contribution >= 4 is 52.4 Å². The van der Waals surface area contributed by atoms with Crippen molar-refractivity contribution in [1.29, 1.82) is 0 Å². The van der Waals surface area contributed by atoms with E-state index >= 15 is 0 Å². The summed E-state index contributed by atoms with van der Waals surface area (Å²) in [5.41, 5.74) is -0.247. The Morgan fingerprint density at radius 3 is 2.06 bits per heavy atom. The third-order valence-corrected chi connectivity index (χ3v) is 4.92. The van der Waals surface area contributed by atoms with Crippen LogP contribution in [0.2, 0.25) is 10.0 Å². The van der Waals surface area contributed by atoms with E-state index in [2.05, 4.69) is 0 Å². The molecule has 0 saturated heterocycles. The van der Waals surface area contributed by atoms with Crippen molar-refractivity contribution in [2.24, 2.45) is 5.92 Å². The molecule has 1 aromatic rings. The minimum absolute atomic E-state index is 0.425. The lowest BCUT2D eigenvalue weighted by molar-refractivity contribution is -0.139. The molecule has 0 amide bonds. The third kappa shape index (κ3) is 1.82. The van der Waals surface area contributed by atoms with Gasteiger partial charge in [-0.2, -0.15) is 0 Å². The van der Waals surface area contributed by atoms with Crippen LogP contribution >= 0.6 is 46.4 Å². The summed E-state index contributed by atoms with van der Waals surface area (Å²) in [6.07, 6.45) is 0. The topological polar surface area (TPSA) is 37.3 Å². The van der Waals surface area contributed by atoms with Crippen molar-refractivity contribution in [3.05, 3.63) is 33.8 Å². The number of rotatable bonds is 2. The van der Waals surface area contributed by atoms with Crippen LogP contribution in [0.5, 0.6) is 0 Å². The third-order valence-electron chi connectivity index (χ3n) is 3.26. The minimum Gasteiger partial charge on any atom is -0.481 e. The molecule has 0 bridgehead atoms.